The topological polar surface area (TPSA) is 75.7 Å². The molecule has 0 heterocycles. The standard InChI is InChI=1S/C20H34N2O4S/c1-19(2,3)15-20(4,5)21-18(23)13-10-14-22(27(7,24)25)16-11-8-9-12-17(16)26-6/h8-9,11-12H,10,13-15H2,1-7H3,(H,21,23). The summed E-state index contributed by atoms with van der Waals surface area (Å²) in [5.41, 5.74) is 0.276. The van der Waals surface area contributed by atoms with E-state index in [1.54, 1.807) is 24.3 Å². The fourth-order valence-corrected chi connectivity index (χ4v) is 4.46. The van der Waals surface area contributed by atoms with E-state index in [9.17, 15) is 13.2 Å². The van der Waals surface area contributed by atoms with Crippen molar-refractivity contribution in [1.82, 2.24) is 5.32 Å². The Balaban J connectivity index is 2.74. The number of nitrogens with one attached hydrogen (secondary N) is 1. The molecule has 0 aliphatic heterocycles. The minimum atomic E-state index is -3.49. The highest BCUT2D eigenvalue weighted by Crippen LogP contribution is 2.30. The van der Waals surface area contributed by atoms with Gasteiger partial charge in [0, 0.05) is 18.5 Å². The first kappa shape index (κ1) is 23.3. The molecule has 0 saturated carbocycles. The van der Waals surface area contributed by atoms with Gasteiger partial charge in [-0.05, 0) is 44.2 Å². The second-order valence-corrected chi connectivity index (χ2v) is 10.7. The van der Waals surface area contributed by atoms with Crippen molar-refractivity contribution < 1.29 is 17.9 Å². The molecule has 0 fully saturated rings. The molecular weight excluding hydrogens is 364 g/mol. The van der Waals surface area contributed by atoms with Crippen molar-refractivity contribution >= 4 is 21.6 Å². The molecule has 0 aromatic heterocycles. The second-order valence-electron chi connectivity index (χ2n) is 8.78. The van der Waals surface area contributed by atoms with Crippen LogP contribution in [0, 0.1) is 5.41 Å². The first-order valence-corrected chi connectivity index (χ1v) is 11.0. The summed E-state index contributed by atoms with van der Waals surface area (Å²) < 4.78 is 31.0. The van der Waals surface area contributed by atoms with Crippen molar-refractivity contribution in [1.29, 1.82) is 0 Å². The maximum atomic E-state index is 12.3. The number of carbonyl (C=O) groups is 1. The van der Waals surface area contributed by atoms with Gasteiger partial charge >= 0.3 is 0 Å². The van der Waals surface area contributed by atoms with Crippen LogP contribution in [0.5, 0.6) is 5.75 Å². The third-order valence-electron chi connectivity index (χ3n) is 3.97. The Morgan fingerprint density at radius 1 is 1.15 bits per heavy atom. The summed E-state index contributed by atoms with van der Waals surface area (Å²) in [5.74, 6) is 0.413. The van der Waals surface area contributed by atoms with Gasteiger partial charge in [-0.15, -0.1) is 0 Å². The summed E-state index contributed by atoms with van der Waals surface area (Å²) in [4.78, 5) is 12.3. The van der Waals surface area contributed by atoms with Crippen LogP contribution < -0.4 is 14.4 Å². The van der Waals surface area contributed by atoms with E-state index in [2.05, 4.69) is 26.1 Å². The van der Waals surface area contributed by atoms with E-state index in [-0.39, 0.29) is 29.8 Å². The lowest BCUT2D eigenvalue weighted by Crippen LogP contribution is -2.46. The molecule has 0 aliphatic rings. The summed E-state index contributed by atoms with van der Waals surface area (Å²) in [6.45, 7) is 10.6. The number of hydrogen-bond acceptors (Lipinski definition) is 4. The quantitative estimate of drug-likeness (QED) is 0.690. The summed E-state index contributed by atoms with van der Waals surface area (Å²) in [6, 6.07) is 6.97. The number of methoxy groups -OCH3 is 1. The van der Waals surface area contributed by atoms with Crippen molar-refractivity contribution in [3.8, 4) is 5.75 Å². The van der Waals surface area contributed by atoms with Gasteiger partial charge < -0.3 is 10.1 Å². The predicted molar refractivity (Wildman–Crippen MR) is 111 cm³/mol. The van der Waals surface area contributed by atoms with Gasteiger partial charge in [-0.3, -0.25) is 9.10 Å². The van der Waals surface area contributed by atoms with E-state index >= 15 is 0 Å². The molecule has 6 nitrogen and oxygen atoms in total. The minimum absolute atomic E-state index is 0.0715. The van der Waals surface area contributed by atoms with Crippen LogP contribution >= 0.6 is 0 Å². The number of hydrogen-bond donors (Lipinski definition) is 1. The van der Waals surface area contributed by atoms with Crippen LogP contribution in [0.15, 0.2) is 24.3 Å². The van der Waals surface area contributed by atoms with Gasteiger partial charge in [0.05, 0.1) is 19.1 Å². The molecule has 27 heavy (non-hydrogen) atoms. The summed E-state index contributed by atoms with van der Waals surface area (Å²) in [5, 5.41) is 3.06. The van der Waals surface area contributed by atoms with E-state index in [0.717, 1.165) is 12.7 Å². The minimum Gasteiger partial charge on any atom is -0.495 e. The molecule has 0 saturated heterocycles. The Labute approximate surface area is 164 Å². The van der Waals surface area contributed by atoms with Crippen LogP contribution in [0.25, 0.3) is 0 Å². The highest BCUT2D eigenvalue weighted by Gasteiger charge is 2.27. The first-order chi connectivity index (χ1) is 12.2. The van der Waals surface area contributed by atoms with Crippen molar-refractivity contribution in [3.63, 3.8) is 0 Å². The SMILES string of the molecule is COc1ccccc1N(CCCC(=O)NC(C)(C)CC(C)(C)C)S(C)(=O)=O. The van der Waals surface area contributed by atoms with Crippen LogP contribution in [0.2, 0.25) is 0 Å². The van der Waals surface area contributed by atoms with Gasteiger partial charge in [-0.1, -0.05) is 32.9 Å². The van der Waals surface area contributed by atoms with Crippen LogP contribution in [-0.2, 0) is 14.8 Å². The molecule has 1 N–H and O–H groups in total. The van der Waals surface area contributed by atoms with Gasteiger partial charge in [0.2, 0.25) is 15.9 Å². The average molecular weight is 399 g/mol. The Hall–Kier alpha value is -1.76. The molecule has 0 bridgehead atoms. The van der Waals surface area contributed by atoms with E-state index in [1.165, 1.54) is 11.4 Å². The smallest absolute Gasteiger partial charge is 0.232 e. The third kappa shape index (κ3) is 8.20. The van der Waals surface area contributed by atoms with Gasteiger partial charge in [0.25, 0.3) is 0 Å². The predicted octanol–water partition coefficient (Wildman–Crippen LogP) is 3.57. The van der Waals surface area contributed by atoms with E-state index < -0.39 is 10.0 Å². The number of sulfonamides is 1. The van der Waals surface area contributed by atoms with E-state index in [1.807, 2.05) is 13.8 Å². The molecule has 0 atom stereocenters. The lowest BCUT2D eigenvalue weighted by molar-refractivity contribution is -0.123. The number of ether oxygens (including phenoxy) is 1. The van der Waals surface area contributed by atoms with Crippen molar-refractivity contribution in [2.45, 2.75) is 59.4 Å². The number of anilines is 1. The van der Waals surface area contributed by atoms with Crippen molar-refractivity contribution in [2.75, 3.05) is 24.2 Å². The first-order valence-electron chi connectivity index (χ1n) is 9.17. The fourth-order valence-electron chi connectivity index (χ4n) is 3.49. The maximum Gasteiger partial charge on any atom is 0.232 e. The summed E-state index contributed by atoms with van der Waals surface area (Å²) in [6.07, 6.45) is 2.69. The van der Waals surface area contributed by atoms with Crippen LogP contribution in [0.3, 0.4) is 0 Å². The Kier molecular flexibility index (Phi) is 7.72. The van der Waals surface area contributed by atoms with Crippen LogP contribution in [0.1, 0.15) is 53.9 Å². The molecule has 0 spiro atoms. The summed E-state index contributed by atoms with van der Waals surface area (Å²) >= 11 is 0. The largest absolute Gasteiger partial charge is 0.495 e. The Bertz CT molecular complexity index is 737. The molecular formula is C20H34N2O4S. The molecule has 1 aromatic rings. The van der Waals surface area contributed by atoms with Gasteiger partial charge in [-0.2, -0.15) is 0 Å². The molecule has 0 aliphatic carbocycles. The van der Waals surface area contributed by atoms with Gasteiger partial charge in [0.15, 0.2) is 0 Å². The number of para-hydroxylation sites is 2. The van der Waals surface area contributed by atoms with E-state index in [4.69, 9.17) is 4.74 Å². The molecule has 1 rings (SSSR count). The van der Waals surface area contributed by atoms with Crippen molar-refractivity contribution in [3.05, 3.63) is 24.3 Å². The van der Waals surface area contributed by atoms with Crippen LogP contribution in [0.4, 0.5) is 5.69 Å². The summed E-state index contributed by atoms with van der Waals surface area (Å²) in [7, 11) is -1.98. The molecule has 7 heteroatoms. The highest BCUT2D eigenvalue weighted by atomic mass is 32.2. The van der Waals surface area contributed by atoms with E-state index in [0.29, 0.717) is 17.9 Å². The second kappa shape index (κ2) is 8.95. The number of carbonyl (C=O) groups excluding carboxylic acids is 1. The molecule has 0 unspecified atom stereocenters. The monoisotopic (exact) mass is 398 g/mol. The fraction of sp³-hybridized carbons (Fsp3) is 0.650. The number of rotatable bonds is 9. The van der Waals surface area contributed by atoms with Crippen molar-refractivity contribution in [2.24, 2.45) is 5.41 Å². The lowest BCUT2D eigenvalue weighted by atomic mass is 9.82. The highest BCUT2D eigenvalue weighted by molar-refractivity contribution is 7.92. The lowest BCUT2D eigenvalue weighted by Gasteiger charge is -2.33. The zero-order valence-electron chi connectivity index (χ0n) is 17.6. The normalized spacial score (nSPS) is 12.6. The zero-order valence-corrected chi connectivity index (χ0v) is 18.4. The average Bonchev–Trinajstić information content (AvgIpc) is 2.47. The van der Waals surface area contributed by atoms with Gasteiger partial charge in [0.1, 0.15) is 5.75 Å². The molecule has 154 valence electrons. The molecule has 1 aromatic carbocycles. The number of benzene rings is 1. The number of amides is 1. The van der Waals surface area contributed by atoms with Crippen LogP contribution in [-0.4, -0.2) is 39.8 Å². The van der Waals surface area contributed by atoms with Gasteiger partial charge in [-0.25, -0.2) is 8.42 Å². The molecule has 0 radical (unpaired) electrons. The Morgan fingerprint density at radius 2 is 1.74 bits per heavy atom. The number of nitrogens with zero attached hydrogens (tertiary/aromatic N) is 1. The Morgan fingerprint density at radius 3 is 2.26 bits per heavy atom. The zero-order chi connectivity index (χ0) is 20.9. The molecule has 1 amide bonds. The third-order valence-corrected chi connectivity index (χ3v) is 5.15. The maximum absolute atomic E-state index is 12.3.